The standard InChI is InChI=1S/C93H136N20O23S/c1-50(2)37-65(83(125)108-71(44-59-45-97-49-99-59)87(129)107-69(41-56-21-15-12-16-22-56)85(127)101-63(23-17-18-35-94)81(123)106-67(42-57-24-28-60(117)29-25-57)80(122)98-46-76(120)100-72(93(135)136)39-52(5)6)104-86(128)70(43-58-26-30-61(118)31-27-58)109-92(134)78(54(9)116)113-88(130)66(38-51(3)4)105-89(131)73(47-114)111-91(133)77(53(7)8)112-90(132)74(48-115)110-82(124)64(32-33-75(96)119)102-84(126)68(40-55-19-13-11-14-20-55)103-79(121)62(95)34-36-137-10/h11-16,19-22,24-31,45,49-54,62-74,77-78,114-118H,17-18,23,32-44,46-48,94-95H2,1-10H3,(H2,96,119)(H,97,99)(H,98,122)(H,100,120)(H,101,127)(H,102,126)(H,103,121)(H,104,128)(H,105,131)(H,106,123)(H,107,129)(H,108,125)(H,109,134)(H,110,124)(H,111,133)(H,112,132)(H,113,130)(H,135,136)/t54-,62+,63+,64+,65+,66+,67+,68+,69+,70+,71+,72+,73+,74+,77+,78+/m1/s1. The molecule has 0 saturated heterocycles. The number of aromatic hydroxyl groups is 2. The summed E-state index contributed by atoms with van der Waals surface area (Å²) in [5.74, 6) is -18.6. The number of primary amides is 1. The van der Waals surface area contributed by atoms with E-state index in [9.17, 15) is 93.0 Å². The number of rotatable bonds is 61. The molecule has 0 aliphatic heterocycles. The molecule has 0 spiro atoms. The number of aliphatic hydroxyl groups is 3. The number of carboxylic acids is 1. The van der Waals surface area contributed by atoms with Crippen molar-refractivity contribution in [3.05, 3.63) is 150 Å². The summed E-state index contributed by atoms with van der Waals surface area (Å²) in [5.41, 5.74) is 19.6. The Morgan fingerprint density at radius 2 is 0.745 bits per heavy atom. The smallest absolute Gasteiger partial charge is 0.326 e. The summed E-state index contributed by atoms with van der Waals surface area (Å²) in [6.45, 7) is 11.6. The highest BCUT2D eigenvalue weighted by Crippen LogP contribution is 2.19. The Balaban J connectivity index is 1.37. The third-order valence-corrected chi connectivity index (χ3v) is 22.4. The Labute approximate surface area is 799 Å². The number of carbonyl (C=O) groups is 17. The summed E-state index contributed by atoms with van der Waals surface area (Å²) in [6.07, 6.45) is 1.16. The van der Waals surface area contributed by atoms with E-state index in [1.165, 1.54) is 86.7 Å². The molecule has 1 heterocycles. The lowest BCUT2D eigenvalue weighted by Crippen LogP contribution is -2.63. The maximum absolute atomic E-state index is 15.2. The molecule has 0 bridgehead atoms. The summed E-state index contributed by atoms with van der Waals surface area (Å²) < 4.78 is 0. The highest BCUT2D eigenvalue weighted by molar-refractivity contribution is 7.98. The van der Waals surface area contributed by atoms with Crippen molar-refractivity contribution in [2.75, 3.05) is 38.3 Å². The number of benzene rings is 4. The van der Waals surface area contributed by atoms with Crippen LogP contribution in [0.3, 0.4) is 0 Å². The predicted molar refractivity (Wildman–Crippen MR) is 505 cm³/mol. The molecule has 1 aromatic heterocycles. The number of aromatic amines is 1. The van der Waals surface area contributed by atoms with Crippen LogP contribution in [0, 0.1) is 23.7 Å². The second-order valence-electron chi connectivity index (χ2n) is 35.1. The van der Waals surface area contributed by atoms with Crippen LogP contribution in [0.25, 0.3) is 0 Å². The highest BCUT2D eigenvalue weighted by atomic mass is 32.2. The molecule has 137 heavy (non-hydrogen) atoms. The fraction of sp³-hybridized carbons (Fsp3) is 0.527. The SMILES string of the molecule is CSCC[C@H](N)C(=O)N[C@@H](Cc1ccccc1)C(=O)N[C@@H](CCC(N)=O)C(=O)N[C@@H](CO)C(=O)N[C@H](C(=O)N[C@@H](CO)C(=O)N[C@@H](CC(C)C)C(=O)N[C@H](C(=O)N[C@@H](Cc1ccc(O)cc1)C(=O)N[C@@H](CC(C)C)C(=O)N[C@@H](Cc1cnc[nH]1)C(=O)N[C@@H](Cc1ccccc1)C(=O)N[C@@H](CCCCN)C(=O)N[C@@H](Cc1ccc(O)cc1)C(=O)NCC(=O)N[C@@H](CC(C)C)C(=O)O)[C@@H](C)O)C(C)C. The zero-order valence-corrected chi connectivity index (χ0v) is 79.6. The average molecular weight is 1930 g/mol. The van der Waals surface area contributed by atoms with Gasteiger partial charge >= 0.3 is 5.97 Å². The monoisotopic (exact) mass is 1930 g/mol. The van der Waals surface area contributed by atoms with Crippen LogP contribution in [0.5, 0.6) is 11.5 Å². The van der Waals surface area contributed by atoms with Crippen molar-refractivity contribution in [3.8, 4) is 11.5 Å². The van der Waals surface area contributed by atoms with E-state index < -0.39 is 248 Å². The number of aliphatic carboxylic acids is 1. The van der Waals surface area contributed by atoms with Gasteiger partial charge in [0, 0.05) is 50.4 Å². The van der Waals surface area contributed by atoms with Crippen LogP contribution in [-0.2, 0) is 114 Å². The van der Waals surface area contributed by atoms with Crippen LogP contribution in [-0.4, -0.2) is 276 Å². The first-order chi connectivity index (χ1) is 64.9. The second-order valence-corrected chi connectivity index (χ2v) is 36.1. The number of unbranched alkanes of at least 4 members (excludes halogenated alkanes) is 1. The maximum Gasteiger partial charge on any atom is 0.326 e. The number of carbonyl (C=O) groups excluding carboxylic acids is 16. The van der Waals surface area contributed by atoms with Crippen molar-refractivity contribution in [3.63, 3.8) is 0 Å². The molecule has 0 saturated carbocycles. The van der Waals surface area contributed by atoms with E-state index >= 15 is 19.2 Å². The van der Waals surface area contributed by atoms with Crippen molar-refractivity contribution in [2.24, 2.45) is 40.9 Å². The minimum absolute atomic E-state index is 0.0695. The van der Waals surface area contributed by atoms with Crippen LogP contribution in [0.15, 0.2) is 122 Å². The van der Waals surface area contributed by atoms with Crippen molar-refractivity contribution >= 4 is 112 Å². The summed E-state index contributed by atoms with van der Waals surface area (Å²) in [6, 6.07) is 4.61. The van der Waals surface area contributed by atoms with E-state index in [2.05, 4.69) is 89.7 Å². The van der Waals surface area contributed by atoms with Gasteiger partial charge in [0.25, 0.3) is 0 Å². The lowest BCUT2D eigenvalue weighted by molar-refractivity contribution is -0.142. The van der Waals surface area contributed by atoms with Gasteiger partial charge < -0.3 is 133 Å². The Hall–Kier alpha value is -13.2. The first-order valence-electron chi connectivity index (χ1n) is 45.4. The van der Waals surface area contributed by atoms with E-state index in [0.717, 1.165) is 6.92 Å². The number of phenolic OH excluding ortho intramolecular Hbond substituents is 2. The third kappa shape index (κ3) is 41.1. The van der Waals surface area contributed by atoms with Gasteiger partial charge in [-0.25, -0.2) is 9.78 Å². The van der Waals surface area contributed by atoms with Gasteiger partial charge in [0.15, 0.2) is 0 Å². The van der Waals surface area contributed by atoms with E-state index in [1.54, 1.807) is 102 Å². The predicted octanol–water partition coefficient (Wildman–Crippen LogP) is -3.04. The Kier molecular flexibility index (Phi) is 49.2. The number of nitrogens with one attached hydrogen (secondary N) is 16. The number of hydrogen-bond acceptors (Lipinski definition) is 26. The molecule has 0 unspecified atom stereocenters. The topological polar surface area (TPSA) is 699 Å². The highest BCUT2D eigenvalue weighted by Gasteiger charge is 2.41. The zero-order chi connectivity index (χ0) is 102. The molecule has 16 atom stereocenters. The van der Waals surface area contributed by atoms with Crippen LogP contribution >= 0.6 is 11.8 Å². The van der Waals surface area contributed by atoms with Crippen molar-refractivity contribution in [2.45, 2.75) is 249 Å². The Morgan fingerprint density at radius 3 is 1.15 bits per heavy atom. The second kappa shape index (κ2) is 59.0. The molecule has 44 heteroatoms. The number of H-pyrrole nitrogens is 1. The lowest BCUT2D eigenvalue weighted by atomic mass is 9.99. The first kappa shape index (κ1) is 114. The number of imidazole rings is 1. The normalized spacial score (nSPS) is 14.8. The largest absolute Gasteiger partial charge is 0.508 e. The Bertz CT molecular complexity index is 4770. The van der Waals surface area contributed by atoms with Gasteiger partial charge in [0.1, 0.15) is 96.1 Å². The molecule has 0 aliphatic carbocycles. The third-order valence-electron chi connectivity index (χ3n) is 21.7. The fourth-order valence-electron chi connectivity index (χ4n) is 14.2. The average Bonchev–Trinajstić information content (AvgIpc) is 1.12. The summed E-state index contributed by atoms with van der Waals surface area (Å²) in [5, 5.41) is 101. The number of aromatic nitrogens is 2. The van der Waals surface area contributed by atoms with Crippen LogP contribution in [0.1, 0.15) is 148 Å². The number of carboxylic acid groups (broad SMARTS) is 1. The van der Waals surface area contributed by atoms with E-state index in [4.69, 9.17) is 17.2 Å². The maximum atomic E-state index is 15.2. The number of thioether (sulfide) groups is 1. The number of hydrogen-bond donors (Lipinski definition) is 25. The van der Waals surface area contributed by atoms with Crippen molar-refractivity contribution < 1.29 is 112 Å². The lowest BCUT2D eigenvalue weighted by Gasteiger charge is -2.30. The number of aliphatic hydroxyl groups excluding tert-OH is 3. The van der Waals surface area contributed by atoms with E-state index in [0.29, 0.717) is 40.1 Å². The minimum atomic E-state index is -1.95. The summed E-state index contributed by atoms with van der Waals surface area (Å²) in [4.78, 5) is 246. The quantitative estimate of drug-likeness (QED) is 0.0172. The number of amides is 16. The molecule has 0 fully saturated rings. The fourth-order valence-corrected chi connectivity index (χ4v) is 14.7. The molecule has 4 aromatic carbocycles. The van der Waals surface area contributed by atoms with Crippen LogP contribution < -0.4 is 97.0 Å². The molecule has 0 aliphatic rings. The van der Waals surface area contributed by atoms with Crippen molar-refractivity contribution in [1.82, 2.24) is 89.7 Å². The minimum Gasteiger partial charge on any atom is -0.508 e. The van der Waals surface area contributed by atoms with Gasteiger partial charge in [-0.1, -0.05) is 140 Å². The molecular formula is C93H136N20O23S. The molecule has 28 N–H and O–H groups in total. The number of phenols is 2. The molecular weight excluding hydrogens is 1800 g/mol. The van der Waals surface area contributed by atoms with E-state index in [-0.39, 0.29) is 94.6 Å². The van der Waals surface area contributed by atoms with E-state index in [1.807, 2.05) is 6.26 Å². The first-order valence-corrected chi connectivity index (χ1v) is 46.8. The molecule has 5 rings (SSSR count). The molecule has 752 valence electrons. The van der Waals surface area contributed by atoms with Crippen LogP contribution in [0.2, 0.25) is 0 Å². The van der Waals surface area contributed by atoms with Gasteiger partial charge in [-0.05, 0) is 147 Å². The van der Waals surface area contributed by atoms with Gasteiger partial charge in [0.05, 0.1) is 38.2 Å². The van der Waals surface area contributed by atoms with Crippen LogP contribution in [0.4, 0.5) is 0 Å². The van der Waals surface area contributed by atoms with Gasteiger partial charge in [-0.3, -0.25) is 76.7 Å². The number of nitrogens with zero attached hydrogens (tertiary/aromatic N) is 1. The Morgan fingerprint density at radius 1 is 0.394 bits per heavy atom. The summed E-state index contributed by atoms with van der Waals surface area (Å²) >= 11 is 1.45. The van der Waals surface area contributed by atoms with Gasteiger partial charge in [-0.15, -0.1) is 0 Å². The number of nitrogens with two attached hydrogens (primary N) is 3. The molecule has 5 aromatic rings. The molecule has 16 amide bonds. The van der Waals surface area contributed by atoms with Gasteiger partial charge in [0.2, 0.25) is 94.5 Å². The zero-order valence-electron chi connectivity index (χ0n) is 78.7. The summed E-state index contributed by atoms with van der Waals surface area (Å²) in [7, 11) is 0. The van der Waals surface area contributed by atoms with Gasteiger partial charge in [-0.2, -0.15) is 11.8 Å². The van der Waals surface area contributed by atoms with Crippen molar-refractivity contribution in [1.29, 1.82) is 0 Å². The molecule has 43 nitrogen and oxygen atoms in total. The molecule has 0 radical (unpaired) electrons.